The minimum Gasteiger partial charge on any atom is -0.397 e. The fourth-order valence-electron chi connectivity index (χ4n) is 1.93. The second kappa shape index (κ2) is 5.91. The maximum atomic E-state index is 12.0. The third-order valence-corrected chi connectivity index (χ3v) is 3.39. The van der Waals surface area contributed by atoms with Gasteiger partial charge in [0.15, 0.2) is 0 Å². The molecule has 1 aromatic rings. The number of anilines is 2. The molecule has 1 heterocycles. The average molecular weight is 262 g/mol. The summed E-state index contributed by atoms with van der Waals surface area (Å²) in [6.07, 6.45) is 4.83. The first-order valence-electron chi connectivity index (χ1n) is 6.87. The smallest absolute Gasteiger partial charge is 0.239 e. The number of aromatic nitrogens is 1. The first kappa shape index (κ1) is 13.6. The number of rotatable bonds is 6. The van der Waals surface area contributed by atoms with E-state index in [9.17, 15) is 4.79 Å². The number of amides is 1. The fraction of sp³-hybridized carbons (Fsp3) is 0.571. The Morgan fingerprint density at radius 1 is 1.58 bits per heavy atom. The average Bonchev–Trinajstić information content (AvgIpc) is 3.21. The van der Waals surface area contributed by atoms with Gasteiger partial charge in [0.05, 0.1) is 18.4 Å². The summed E-state index contributed by atoms with van der Waals surface area (Å²) in [7, 11) is 0. The van der Waals surface area contributed by atoms with E-state index in [1.54, 1.807) is 6.20 Å². The lowest BCUT2D eigenvalue weighted by atomic mass is 10.2. The van der Waals surface area contributed by atoms with Crippen LogP contribution in [0.4, 0.5) is 11.5 Å². The van der Waals surface area contributed by atoms with Gasteiger partial charge in [0.1, 0.15) is 5.82 Å². The van der Waals surface area contributed by atoms with E-state index in [0.717, 1.165) is 25.1 Å². The molecule has 19 heavy (non-hydrogen) atoms. The van der Waals surface area contributed by atoms with E-state index in [-0.39, 0.29) is 11.9 Å². The molecule has 1 aliphatic carbocycles. The molecule has 1 atom stereocenters. The van der Waals surface area contributed by atoms with Crippen LogP contribution >= 0.6 is 0 Å². The molecule has 1 saturated carbocycles. The van der Waals surface area contributed by atoms with Crippen LogP contribution < -0.4 is 16.0 Å². The van der Waals surface area contributed by atoms with Crippen LogP contribution in [0.25, 0.3) is 0 Å². The molecule has 2 rings (SSSR count). The van der Waals surface area contributed by atoms with Crippen molar-refractivity contribution < 1.29 is 4.79 Å². The van der Waals surface area contributed by atoms with Crippen LogP contribution in [0.3, 0.4) is 0 Å². The number of nitrogens with two attached hydrogens (primary N) is 1. The third kappa shape index (κ3) is 3.84. The van der Waals surface area contributed by atoms with Crippen molar-refractivity contribution >= 4 is 17.4 Å². The number of hydrogen-bond acceptors (Lipinski definition) is 4. The summed E-state index contributed by atoms with van der Waals surface area (Å²) < 4.78 is 0. The summed E-state index contributed by atoms with van der Waals surface area (Å²) in [5, 5.41) is 2.99. The van der Waals surface area contributed by atoms with Gasteiger partial charge in [-0.1, -0.05) is 6.92 Å². The van der Waals surface area contributed by atoms with Gasteiger partial charge in [0.2, 0.25) is 5.91 Å². The van der Waals surface area contributed by atoms with E-state index in [2.05, 4.69) is 22.1 Å². The van der Waals surface area contributed by atoms with E-state index in [1.807, 2.05) is 19.1 Å². The van der Waals surface area contributed by atoms with Gasteiger partial charge in [0.25, 0.3) is 0 Å². The van der Waals surface area contributed by atoms with E-state index >= 15 is 0 Å². The lowest BCUT2D eigenvalue weighted by Gasteiger charge is -2.24. The maximum Gasteiger partial charge on any atom is 0.239 e. The number of nitrogen functional groups attached to an aromatic ring is 1. The lowest BCUT2D eigenvalue weighted by molar-refractivity contribution is -0.120. The van der Waals surface area contributed by atoms with Crippen LogP contribution in [-0.2, 0) is 4.79 Å². The van der Waals surface area contributed by atoms with Crippen LogP contribution in [-0.4, -0.2) is 29.5 Å². The Kier molecular flexibility index (Phi) is 4.24. The zero-order valence-electron chi connectivity index (χ0n) is 11.6. The largest absolute Gasteiger partial charge is 0.397 e. The topological polar surface area (TPSA) is 71.2 Å². The van der Waals surface area contributed by atoms with Gasteiger partial charge in [-0.05, 0) is 38.3 Å². The molecule has 3 N–H and O–H groups in total. The highest BCUT2D eigenvalue weighted by Gasteiger charge is 2.31. The predicted octanol–water partition coefficient (Wildman–Crippen LogP) is 1.55. The summed E-state index contributed by atoms with van der Waals surface area (Å²) in [6, 6.07) is 4.36. The van der Waals surface area contributed by atoms with Crippen molar-refractivity contribution in [2.45, 2.75) is 45.2 Å². The van der Waals surface area contributed by atoms with Crippen molar-refractivity contribution in [2.24, 2.45) is 0 Å². The molecule has 0 spiro atoms. The van der Waals surface area contributed by atoms with Gasteiger partial charge >= 0.3 is 0 Å². The van der Waals surface area contributed by atoms with E-state index in [1.165, 1.54) is 0 Å². The number of carbonyl (C=O) groups excluding carboxylic acids is 1. The summed E-state index contributed by atoms with van der Waals surface area (Å²) in [5.41, 5.74) is 6.29. The SMILES string of the molecule is CCC(C)NC(=O)CN(c1ccc(N)cn1)C1CC1. The molecule has 1 aromatic heterocycles. The van der Waals surface area contributed by atoms with Crippen molar-refractivity contribution in [1.82, 2.24) is 10.3 Å². The molecule has 104 valence electrons. The van der Waals surface area contributed by atoms with Crippen LogP contribution in [0.2, 0.25) is 0 Å². The monoisotopic (exact) mass is 262 g/mol. The van der Waals surface area contributed by atoms with Crippen LogP contribution in [0.1, 0.15) is 33.1 Å². The Bertz CT molecular complexity index is 428. The summed E-state index contributed by atoms with van der Waals surface area (Å²) in [4.78, 5) is 18.4. The van der Waals surface area contributed by atoms with Gasteiger partial charge in [-0.3, -0.25) is 4.79 Å². The maximum absolute atomic E-state index is 12.0. The van der Waals surface area contributed by atoms with Crippen molar-refractivity contribution in [2.75, 3.05) is 17.2 Å². The van der Waals surface area contributed by atoms with Gasteiger partial charge < -0.3 is 16.0 Å². The fourth-order valence-corrected chi connectivity index (χ4v) is 1.93. The molecule has 1 unspecified atom stereocenters. The molecule has 5 nitrogen and oxygen atoms in total. The molecule has 1 amide bonds. The second-order valence-electron chi connectivity index (χ2n) is 5.19. The minimum absolute atomic E-state index is 0.0554. The Hall–Kier alpha value is -1.78. The first-order chi connectivity index (χ1) is 9.10. The molecule has 1 aliphatic rings. The van der Waals surface area contributed by atoms with Gasteiger partial charge in [-0.25, -0.2) is 4.98 Å². The van der Waals surface area contributed by atoms with Crippen molar-refractivity contribution in [3.63, 3.8) is 0 Å². The van der Waals surface area contributed by atoms with Crippen molar-refractivity contribution in [3.8, 4) is 0 Å². The molecule has 0 saturated heterocycles. The van der Waals surface area contributed by atoms with Gasteiger partial charge in [-0.2, -0.15) is 0 Å². The number of pyridine rings is 1. The molecule has 1 fully saturated rings. The van der Waals surface area contributed by atoms with E-state index in [0.29, 0.717) is 18.3 Å². The number of carbonyl (C=O) groups is 1. The normalized spacial score (nSPS) is 15.9. The van der Waals surface area contributed by atoms with E-state index in [4.69, 9.17) is 5.73 Å². The highest BCUT2D eigenvalue weighted by Crippen LogP contribution is 2.30. The highest BCUT2D eigenvalue weighted by molar-refractivity contribution is 5.81. The quantitative estimate of drug-likeness (QED) is 0.816. The van der Waals surface area contributed by atoms with Gasteiger partial charge in [-0.15, -0.1) is 0 Å². The predicted molar refractivity (Wildman–Crippen MR) is 76.9 cm³/mol. The molecule has 0 bridgehead atoms. The second-order valence-corrected chi connectivity index (χ2v) is 5.19. The standard InChI is InChI=1S/C14H22N4O/c1-3-10(2)17-14(19)9-18(12-5-6-12)13-7-4-11(15)8-16-13/h4,7-8,10,12H,3,5-6,9,15H2,1-2H3,(H,17,19). The Balaban J connectivity index is 2.00. The summed E-state index contributed by atoms with van der Waals surface area (Å²) >= 11 is 0. The molecule has 0 aliphatic heterocycles. The third-order valence-electron chi connectivity index (χ3n) is 3.39. The van der Waals surface area contributed by atoms with Gasteiger partial charge in [0, 0.05) is 12.1 Å². The summed E-state index contributed by atoms with van der Waals surface area (Å²) in [6.45, 7) is 4.44. The molecule has 0 aromatic carbocycles. The highest BCUT2D eigenvalue weighted by atomic mass is 16.2. The molecule has 0 radical (unpaired) electrons. The molecular formula is C14H22N4O. The first-order valence-corrected chi connectivity index (χ1v) is 6.87. The number of nitrogens with zero attached hydrogens (tertiary/aromatic N) is 2. The van der Waals surface area contributed by atoms with Crippen LogP contribution in [0.15, 0.2) is 18.3 Å². The lowest BCUT2D eigenvalue weighted by Crippen LogP contribution is -2.42. The zero-order valence-corrected chi connectivity index (χ0v) is 11.6. The van der Waals surface area contributed by atoms with Crippen LogP contribution in [0.5, 0.6) is 0 Å². The summed E-state index contributed by atoms with van der Waals surface area (Å²) in [5.74, 6) is 0.885. The van der Waals surface area contributed by atoms with Crippen LogP contribution in [0, 0.1) is 0 Å². The minimum atomic E-state index is 0.0554. The number of hydrogen-bond donors (Lipinski definition) is 2. The van der Waals surface area contributed by atoms with E-state index < -0.39 is 0 Å². The Morgan fingerprint density at radius 2 is 2.32 bits per heavy atom. The molecule has 5 heteroatoms. The zero-order chi connectivity index (χ0) is 13.8. The Morgan fingerprint density at radius 3 is 2.84 bits per heavy atom. The number of nitrogens with one attached hydrogen (secondary N) is 1. The Labute approximate surface area is 114 Å². The molecular weight excluding hydrogens is 240 g/mol. The van der Waals surface area contributed by atoms with Crippen molar-refractivity contribution in [3.05, 3.63) is 18.3 Å². The van der Waals surface area contributed by atoms with Crippen molar-refractivity contribution in [1.29, 1.82) is 0 Å².